The van der Waals surface area contributed by atoms with Gasteiger partial charge < -0.3 is 15.2 Å². The number of rotatable bonds is 4. The van der Waals surface area contributed by atoms with Gasteiger partial charge in [0.15, 0.2) is 17.3 Å². The first-order chi connectivity index (χ1) is 7.15. The normalized spacial score (nSPS) is 10.2. The molecule has 0 aromatic heterocycles. The number of methoxy groups -OCH3 is 2. The van der Waals surface area contributed by atoms with Gasteiger partial charge >= 0.3 is 0 Å². The van der Waals surface area contributed by atoms with Crippen LogP contribution in [-0.4, -0.2) is 20.8 Å². The van der Waals surface area contributed by atoms with Crippen LogP contribution in [0.4, 0.5) is 4.39 Å². The third-order valence-corrected chi connectivity index (χ3v) is 2.61. The second-order valence-electron chi connectivity index (χ2n) is 2.94. The average molecular weight is 278 g/mol. The molecule has 0 radical (unpaired) electrons. The van der Waals surface area contributed by atoms with E-state index in [0.29, 0.717) is 23.2 Å². The van der Waals surface area contributed by atoms with E-state index in [-0.39, 0.29) is 5.75 Å². The molecule has 0 amide bonds. The van der Waals surface area contributed by atoms with Crippen LogP contribution in [0.25, 0.3) is 0 Å². The third kappa shape index (κ3) is 2.41. The van der Waals surface area contributed by atoms with E-state index in [9.17, 15) is 4.39 Å². The van der Waals surface area contributed by atoms with Crippen LogP contribution in [-0.2, 0) is 6.42 Å². The van der Waals surface area contributed by atoms with Crippen LogP contribution in [0, 0.1) is 5.82 Å². The lowest BCUT2D eigenvalue weighted by Crippen LogP contribution is -2.06. The van der Waals surface area contributed by atoms with Crippen LogP contribution < -0.4 is 15.2 Å². The molecule has 0 aliphatic rings. The highest BCUT2D eigenvalue weighted by Gasteiger charge is 2.18. The van der Waals surface area contributed by atoms with Crippen molar-refractivity contribution >= 4 is 15.9 Å². The van der Waals surface area contributed by atoms with Crippen molar-refractivity contribution in [2.75, 3.05) is 20.8 Å². The highest BCUT2D eigenvalue weighted by atomic mass is 79.9. The minimum Gasteiger partial charge on any atom is -0.492 e. The molecule has 15 heavy (non-hydrogen) atoms. The van der Waals surface area contributed by atoms with Crippen LogP contribution in [0.3, 0.4) is 0 Å². The highest BCUT2D eigenvalue weighted by molar-refractivity contribution is 9.10. The number of nitrogens with two attached hydrogens (primary N) is 1. The van der Waals surface area contributed by atoms with Crippen molar-refractivity contribution in [3.63, 3.8) is 0 Å². The van der Waals surface area contributed by atoms with Gasteiger partial charge in [-0.2, -0.15) is 0 Å². The molecule has 0 aliphatic heterocycles. The van der Waals surface area contributed by atoms with Crippen LogP contribution in [0.5, 0.6) is 11.5 Å². The van der Waals surface area contributed by atoms with Crippen molar-refractivity contribution in [2.24, 2.45) is 5.73 Å². The summed E-state index contributed by atoms with van der Waals surface area (Å²) in [5, 5.41) is 0. The Morgan fingerprint density at radius 2 is 1.93 bits per heavy atom. The molecular formula is C10H13BrFNO2. The zero-order valence-corrected chi connectivity index (χ0v) is 10.2. The summed E-state index contributed by atoms with van der Waals surface area (Å²) in [5.41, 5.74) is 6.28. The first-order valence-electron chi connectivity index (χ1n) is 4.44. The van der Waals surface area contributed by atoms with Gasteiger partial charge in [0.25, 0.3) is 0 Å². The third-order valence-electron chi connectivity index (χ3n) is 2.03. The summed E-state index contributed by atoms with van der Waals surface area (Å²) in [6.07, 6.45) is 0.610. The summed E-state index contributed by atoms with van der Waals surface area (Å²) in [5.74, 6) is 0.0501. The van der Waals surface area contributed by atoms with Gasteiger partial charge in [-0.05, 0) is 35.0 Å². The molecule has 1 aromatic rings. The van der Waals surface area contributed by atoms with Gasteiger partial charge in [0.05, 0.1) is 18.7 Å². The van der Waals surface area contributed by atoms with Crippen molar-refractivity contribution in [3.8, 4) is 11.5 Å². The summed E-state index contributed by atoms with van der Waals surface area (Å²) < 4.78 is 24.0. The van der Waals surface area contributed by atoms with Gasteiger partial charge in [0, 0.05) is 5.56 Å². The Balaban J connectivity index is 3.33. The fraction of sp³-hybridized carbons (Fsp3) is 0.400. The fourth-order valence-electron chi connectivity index (χ4n) is 1.38. The number of halogens is 2. The molecule has 1 aromatic carbocycles. The summed E-state index contributed by atoms with van der Waals surface area (Å²) in [7, 11) is 2.88. The monoisotopic (exact) mass is 277 g/mol. The summed E-state index contributed by atoms with van der Waals surface area (Å²) >= 11 is 3.12. The molecule has 0 saturated carbocycles. The number of benzene rings is 1. The average Bonchev–Trinajstić information content (AvgIpc) is 2.23. The maximum Gasteiger partial charge on any atom is 0.198 e. The minimum atomic E-state index is -0.463. The van der Waals surface area contributed by atoms with Crippen LogP contribution in [0.1, 0.15) is 5.56 Å². The van der Waals surface area contributed by atoms with Gasteiger partial charge in [0.1, 0.15) is 0 Å². The lowest BCUT2D eigenvalue weighted by atomic mass is 10.1. The van der Waals surface area contributed by atoms with Gasteiger partial charge in [-0.15, -0.1) is 0 Å². The lowest BCUT2D eigenvalue weighted by molar-refractivity contribution is 0.333. The van der Waals surface area contributed by atoms with Gasteiger partial charge in [-0.25, -0.2) is 4.39 Å². The molecule has 5 heteroatoms. The molecule has 84 valence electrons. The molecule has 0 bridgehead atoms. The Hall–Kier alpha value is -0.810. The molecule has 2 N–H and O–H groups in total. The standard InChI is InChI=1S/C10H13BrFNO2/c1-14-9-6(3-4-13)5-7(11)8(12)10(9)15-2/h5H,3-4,13H2,1-2H3. The number of hydrogen-bond acceptors (Lipinski definition) is 3. The molecule has 1 rings (SSSR count). The van der Waals surface area contributed by atoms with Crippen molar-refractivity contribution < 1.29 is 13.9 Å². The molecule has 0 fully saturated rings. The fourth-order valence-corrected chi connectivity index (χ4v) is 1.84. The van der Waals surface area contributed by atoms with Crippen molar-refractivity contribution in [1.82, 2.24) is 0 Å². The van der Waals surface area contributed by atoms with Crippen molar-refractivity contribution in [2.45, 2.75) is 6.42 Å². The van der Waals surface area contributed by atoms with E-state index in [0.717, 1.165) is 5.56 Å². The maximum absolute atomic E-state index is 13.6. The van der Waals surface area contributed by atoms with E-state index >= 15 is 0 Å². The molecule has 0 atom stereocenters. The molecule has 0 aliphatic carbocycles. The first-order valence-corrected chi connectivity index (χ1v) is 5.23. The second kappa shape index (κ2) is 5.32. The van der Waals surface area contributed by atoms with Gasteiger partial charge in [0.2, 0.25) is 0 Å². The Bertz CT molecular complexity index is 358. The van der Waals surface area contributed by atoms with Crippen LogP contribution in [0.15, 0.2) is 10.5 Å². The molecular weight excluding hydrogens is 265 g/mol. The summed E-state index contributed by atoms with van der Waals surface area (Å²) in [6.45, 7) is 0.470. The molecule has 0 unspecified atom stereocenters. The topological polar surface area (TPSA) is 44.5 Å². The lowest BCUT2D eigenvalue weighted by Gasteiger charge is -2.14. The smallest absolute Gasteiger partial charge is 0.198 e. The summed E-state index contributed by atoms with van der Waals surface area (Å²) in [6, 6.07) is 1.66. The van der Waals surface area contributed by atoms with E-state index in [2.05, 4.69) is 15.9 Å². The van der Waals surface area contributed by atoms with Crippen LogP contribution in [0.2, 0.25) is 0 Å². The van der Waals surface area contributed by atoms with Crippen LogP contribution >= 0.6 is 15.9 Å². The maximum atomic E-state index is 13.6. The zero-order chi connectivity index (χ0) is 11.4. The minimum absolute atomic E-state index is 0.107. The van der Waals surface area contributed by atoms with E-state index in [4.69, 9.17) is 15.2 Å². The Kier molecular flexibility index (Phi) is 4.35. The molecule has 0 heterocycles. The van der Waals surface area contributed by atoms with Crippen molar-refractivity contribution in [1.29, 1.82) is 0 Å². The van der Waals surface area contributed by atoms with Crippen molar-refractivity contribution in [3.05, 3.63) is 21.9 Å². The molecule has 3 nitrogen and oxygen atoms in total. The highest BCUT2D eigenvalue weighted by Crippen LogP contribution is 2.38. The molecule has 0 spiro atoms. The van der Waals surface area contributed by atoms with Gasteiger partial charge in [-0.1, -0.05) is 0 Å². The Morgan fingerprint density at radius 3 is 2.40 bits per heavy atom. The van der Waals surface area contributed by atoms with E-state index < -0.39 is 5.82 Å². The number of ether oxygens (including phenoxy) is 2. The second-order valence-corrected chi connectivity index (χ2v) is 3.79. The predicted molar refractivity (Wildman–Crippen MR) is 60.0 cm³/mol. The van der Waals surface area contributed by atoms with E-state index in [1.807, 2.05) is 0 Å². The quantitative estimate of drug-likeness (QED) is 0.917. The number of hydrogen-bond donors (Lipinski definition) is 1. The predicted octanol–water partition coefficient (Wildman–Crippen LogP) is 2.11. The Morgan fingerprint density at radius 1 is 1.33 bits per heavy atom. The SMILES string of the molecule is COc1c(CCN)cc(Br)c(F)c1OC. The Labute approximate surface area is 96.5 Å². The van der Waals surface area contributed by atoms with Gasteiger partial charge in [-0.3, -0.25) is 0 Å². The van der Waals surface area contributed by atoms with E-state index in [1.165, 1.54) is 14.2 Å². The largest absolute Gasteiger partial charge is 0.492 e. The molecule has 0 saturated heterocycles. The van der Waals surface area contributed by atoms with E-state index in [1.54, 1.807) is 6.07 Å². The zero-order valence-electron chi connectivity index (χ0n) is 8.64. The summed E-state index contributed by atoms with van der Waals surface area (Å²) in [4.78, 5) is 0. The first kappa shape index (κ1) is 12.3.